The number of benzene rings is 2. The Balaban J connectivity index is 1.42. The molecule has 0 radical (unpaired) electrons. The van der Waals surface area contributed by atoms with Gasteiger partial charge in [0.15, 0.2) is 6.61 Å². The van der Waals surface area contributed by atoms with Crippen molar-refractivity contribution in [2.45, 2.75) is 26.1 Å². The zero-order valence-electron chi connectivity index (χ0n) is 18.2. The number of rotatable bonds is 11. The van der Waals surface area contributed by atoms with E-state index in [-0.39, 0.29) is 30.3 Å². The minimum atomic E-state index is -4.81. The van der Waals surface area contributed by atoms with Gasteiger partial charge >= 0.3 is 13.0 Å². The summed E-state index contributed by atoms with van der Waals surface area (Å²) in [4.78, 5) is 28.4. The number of ether oxygens (including phenoxy) is 3. The van der Waals surface area contributed by atoms with Crippen LogP contribution >= 0.6 is 11.3 Å². The Hall–Kier alpha value is -3.94. The second-order valence-corrected chi connectivity index (χ2v) is 7.82. The standard InChI is InChI=1S/C22H18F5N3O5S/c23-21(24)34-17-4-2-1-3-13(17)9-29-20(32)16-12-36-19(30-16)10-28-18(31)11-33-14-5-7-15(8-6-14)35-22(25,26)27/h1-8,12,21H,9-11H2,(H,28,31)(H,29,32). The molecule has 8 nitrogen and oxygen atoms in total. The maximum atomic E-state index is 12.5. The first-order valence-electron chi connectivity index (χ1n) is 10.1. The van der Waals surface area contributed by atoms with E-state index in [0.29, 0.717) is 10.6 Å². The normalized spacial score (nSPS) is 11.2. The molecule has 1 aromatic heterocycles. The Morgan fingerprint density at radius 2 is 1.67 bits per heavy atom. The number of aromatic nitrogens is 1. The van der Waals surface area contributed by atoms with Gasteiger partial charge in [-0.1, -0.05) is 18.2 Å². The van der Waals surface area contributed by atoms with Gasteiger partial charge in [-0.05, 0) is 30.3 Å². The van der Waals surface area contributed by atoms with E-state index in [1.54, 1.807) is 6.07 Å². The number of nitrogens with zero attached hydrogens (tertiary/aromatic N) is 1. The molecule has 0 fully saturated rings. The molecular weight excluding hydrogens is 513 g/mol. The van der Waals surface area contributed by atoms with Crippen LogP contribution in [0.5, 0.6) is 17.2 Å². The average Bonchev–Trinajstić information content (AvgIpc) is 3.29. The van der Waals surface area contributed by atoms with E-state index in [1.807, 2.05) is 0 Å². The Bertz CT molecular complexity index is 1170. The Morgan fingerprint density at radius 3 is 2.36 bits per heavy atom. The van der Waals surface area contributed by atoms with Crippen molar-refractivity contribution in [3.8, 4) is 17.2 Å². The molecule has 36 heavy (non-hydrogen) atoms. The van der Waals surface area contributed by atoms with Gasteiger partial charge in [0.05, 0.1) is 6.54 Å². The van der Waals surface area contributed by atoms with Gasteiger partial charge in [-0.3, -0.25) is 9.59 Å². The van der Waals surface area contributed by atoms with Crippen LogP contribution in [-0.4, -0.2) is 36.4 Å². The molecule has 3 rings (SSSR count). The molecule has 2 aromatic carbocycles. The predicted octanol–water partition coefficient (Wildman–Crippen LogP) is 4.27. The lowest BCUT2D eigenvalue weighted by atomic mass is 10.2. The summed E-state index contributed by atoms with van der Waals surface area (Å²) in [5.74, 6) is -1.39. The van der Waals surface area contributed by atoms with E-state index in [9.17, 15) is 31.5 Å². The number of halogens is 5. The number of amides is 2. The first kappa shape index (κ1) is 26.7. The molecule has 0 bridgehead atoms. The summed E-state index contributed by atoms with van der Waals surface area (Å²) in [6.45, 7) is -3.46. The maximum Gasteiger partial charge on any atom is 0.573 e. The van der Waals surface area contributed by atoms with Gasteiger partial charge in [0, 0.05) is 17.5 Å². The Kier molecular flexibility index (Phi) is 9.00. The predicted molar refractivity (Wildman–Crippen MR) is 117 cm³/mol. The zero-order valence-corrected chi connectivity index (χ0v) is 19.0. The molecule has 0 atom stereocenters. The maximum absolute atomic E-state index is 12.5. The molecule has 1 heterocycles. The molecule has 14 heteroatoms. The fourth-order valence-corrected chi connectivity index (χ4v) is 3.45. The van der Waals surface area contributed by atoms with Gasteiger partial charge in [0.1, 0.15) is 28.0 Å². The van der Waals surface area contributed by atoms with Crippen LogP contribution in [0.15, 0.2) is 53.9 Å². The monoisotopic (exact) mass is 531 g/mol. The number of nitrogens with one attached hydrogen (secondary N) is 2. The first-order valence-corrected chi connectivity index (χ1v) is 11.0. The lowest BCUT2D eigenvalue weighted by Gasteiger charge is -2.10. The average molecular weight is 531 g/mol. The number of carbonyl (C=O) groups is 2. The summed E-state index contributed by atoms with van der Waals surface area (Å²) in [6, 6.07) is 10.6. The molecule has 0 aliphatic carbocycles. The number of hydrogen-bond donors (Lipinski definition) is 2. The highest BCUT2D eigenvalue weighted by Gasteiger charge is 2.31. The van der Waals surface area contributed by atoms with Crippen molar-refractivity contribution < 1.29 is 45.8 Å². The van der Waals surface area contributed by atoms with Crippen molar-refractivity contribution in [3.05, 3.63) is 70.2 Å². The second kappa shape index (κ2) is 12.2. The van der Waals surface area contributed by atoms with Crippen molar-refractivity contribution in [3.63, 3.8) is 0 Å². The minimum Gasteiger partial charge on any atom is -0.484 e. The molecule has 2 amide bonds. The van der Waals surface area contributed by atoms with Gasteiger partial charge in [-0.15, -0.1) is 24.5 Å². The summed E-state index contributed by atoms with van der Waals surface area (Å²) >= 11 is 1.12. The highest BCUT2D eigenvalue weighted by molar-refractivity contribution is 7.09. The molecule has 192 valence electrons. The van der Waals surface area contributed by atoms with E-state index in [1.165, 1.54) is 35.7 Å². The van der Waals surface area contributed by atoms with Crippen LogP contribution < -0.4 is 24.8 Å². The Labute approximate surface area is 205 Å². The lowest BCUT2D eigenvalue weighted by Crippen LogP contribution is -2.28. The molecule has 2 N–H and O–H groups in total. The third kappa shape index (κ3) is 8.69. The van der Waals surface area contributed by atoms with Crippen LogP contribution in [0.4, 0.5) is 22.0 Å². The van der Waals surface area contributed by atoms with E-state index in [4.69, 9.17) is 4.74 Å². The van der Waals surface area contributed by atoms with Gasteiger partial charge < -0.3 is 24.8 Å². The lowest BCUT2D eigenvalue weighted by molar-refractivity contribution is -0.274. The van der Waals surface area contributed by atoms with Gasteiger partial charge in [0.2, 0.25) is 0 Å². The molecular formula is C22H18F5N3O5S. The van der Waals surface area contributed by atoms with E-state index in [0.717, 1.165) is 23.5 Å². The molecule has 0 saturated carbocycles. The highest BCUT2D eigenvalue weighted by atomic mass is 32.1. The zero-order chi connectivity index (χ0) is 26.1. The summed E-state index contributed by atoms with van der Waals surface area (Å²) in [5.41, 5.74) is 0.435. The van der Waals surface area contributed by atoms with Gasteiger partial charge in [0.25, 0.3) is 11.8 Å². The first-order chi connectivity index (χ1) is 17.1. The molecule has 0 aliphatic heterocycles. The molecule has 0 unspecified atom stereocenters. The van der Waals surface area contributed by atoms with Crippen LogP contribution in [0.2, 0.25) is 0 Å². The van der Waals surface area contributed by atoms with Crippen LogP contribution in [0.3, 0.4) is 0 Å². The third-order valence-corrected chi connectivity index (χ3v) is 5.13. The van der Waals surface area contributed by atoms with Crippen LogP contribution in [0.1, 0.15) is 21.1 Å². The largest absolute Gasteiger partial charge is 0.573 e. The minimum absolute atomic E-state index is 0.00353. The van der Waals surface area contributed by atoms with Crippen LogP contribution in [0.25, 0.3) is 0 Å². The van der Waals surface area contributed by atoms with E-state index < -0.39 is 37.1 Å². The van der Waals surface area contributed by atoms with Crippen LogP contribution in [-0.2, 0) is 17.9 Å². The molecule has 3 aromatic rings. The highest BCUT2D eigenvalue weighted by Crippen LogP contribution is 2.24. The van der Waals surface area contributed by atoms with E-state index in [2.05, 4.69) is 25.1 Å². The summed E-state index contributed by atoms with van der Waals surface area (Å²) in [6.07, 6.45) is -4.81. The Morgan fingerprint density at radius 1 is 0.972 bits per heavy atom. The molecule has 0 spiro atoms. The van der Waals surface area contributed by atoms with Gasteiger partial charge in [-0.2, -0.15) is 8.78 Å². The second-order valence-electron chi connectivity index (χ2n) is 6.88. The topological polar surface area (TPSA) is 98.8 Å². The van der Waals surface area contributed by atoms with Crippen LogP contribution in [0, 0.1) is 0 Å². The smallest absolute Gasteiger partial charge is 0.484 e. The summed E-state index contributed by atoms with van der Waals surface area (Å²) in [5, 5.41) is 6.99. The SMILES string of the molecule is O=C(COc1ccc(OC(F)(F)F)cc1)NCc1nc(C(=O)NCc2ccccc2OC(F)F)cs1. The van der Waals surface area contributed by atoms with Crippen molar-refractivity contribution in [1.82, 2.24) is 15.6 Å². The van der Waals surface area contributed by atoms with Crippen molar-refractivity contribution in [2.75, 3.05) is 6.61 Å². The van der Waals surface area contributed by atoms with Crippen molar-refractivity contribution in [1.29, 1.82) is 0 Å². The summed E-state index contributed by atoms with van der Waals surface area (Å²) < 4.78 is 74.9. The number of para-hydroxylation sites is 1. The molecule has 0 aliphatic rings. The van der Waals surface area contributed by atoms with E-state index >= 15 is 0 Å². The molecule has 0 saturated heterocycles. The fraction of sp³-hybridized carbons (Fsp3) is 0.227. The summed E-state index contributed by atoms with van der Waals surface area (Å²) in [7, 11) is 0. The third-order valence-electron chi connectivity index (χ3n) is 4.28. The number of hydrogen-bond acceptors (Lipinski definition) is 7. The van der Waals surface area contributed by atoms with Gasteiger partial charge in [-0.25, -0.2) is 4.98 Å². The van der Waals surface area contributed by atoms with Crippen molar-refractivity contribution >= 4 is 23.2 Å². The number of carbonyl (C=O) groups excluding carboxylic acids is 2. The van der Waals surface area contributed by atoms with Crippen molar-refractivity contribution in [2.24, 2.45) is 0 Å². The quantitative estimate of drug-likeness (QED) is 0.359. The fourth-order valence-electron chi connectivity index (χ4n) is 2.73. The number of alkyl halides is 5. The number of thiazole rings is 1.